The second-order valence-electron chi connectivity index (χ2n) is 2.34. The van der Waals surface area contributed by atoms with E-state index in [1.807, 2.05) is 0 Å². The van der Waals surface area contributed by atoms with Crippen LogP contribution in [0.15, 0.2) is 12.1 Å². The van der Waals surface area contributed by atoms with Crippen LogP contribution in [0.1, 0.15) is 17.3 Å². The molecule has 0 aliphatic heterocycles. The summed E-state index contributed by atoms with van der Waals surface area (Å²) in [5.74, 6) is 0.499. The fourth-order valence-corrected chi connectivity index (χ4v) is 1.06. The van der Waals surface area contributed by atoms with E-state index in [1.165, 1.54) is 6.92 Å². The average Bonchev–Trinajstić information content (AvgIpc) is 2.03. The van der Waals surface area contributed by atoms with E-state index in [2.05, 4.69) is 10.3 Å². The number of pyridine rings is 1. The Balaban J connectivity index is 3.20. The Morgan fingerprint density at radius 3 is 2.75 bits per heavy atom. The lowest BCUT2D eigenvalue weighted by Crippen LogP contribution is -2.02. The average molecular weight is 185 g/mol. The van der Waals surface area contributed by atoms with Crippen LogP contribution in [0.25, 0.3) is 0 Å². The summed E-state index contributed by atoms with van der Waals surface area (Å²) in [7, 11) is 1.70. The molecule has 3 nitrogen and oxygen atoms in total. The van der Waals surface area contributed by atoms with Crippen LogP contribution in [-0.2, 0) is 0 Å². The Morgan fingerprint density at radius 2 is 2.25 bits per heavy atom. The van der Waals surface area contributed by atoms with E-state index in [1.54, 1.807) is 19.2 Å². The fourth-order valence-electron chi connectivity index (χ4n) is 0.910. The first kappa shape index (κ1) is 9.00. The van der Waals surface area contributed by atoms with Crippen LogP contribution in [0, 0.1) is 0 Å². The normalized spacial score (nSPS) is 9.58. The summed E-state index contributed by atoms with van der Waals surface area (Å²) in [6, 6.07) is 3.25. The molecule has 1 heterocycles. The molecule has 1 N–H and O–H groups in total. The van der Waals surface area contributed by atoms with Crippen molar-refractivity contribution in [2.24, 2.45) is 0 Å². The van der Waals surface area contributed by atoms with E-state index in [4.69, 9.17) is 11.6 Å². The zero-order chi connectivity index (χ0) is 9.14. The van der Waals surface area contributed by atoms with Crippen LogP contribution in [0.3, 0.4) is 0 Å². The van der Waals surface area contributed by atoms with Crippen molar-refractivity contribution in [3.05, 3.63) is 22.8 Å². The van der Waals surface area contributed by atoms with Crippen molar-refractivity contribution in [3.8, 4) is 0 Å². The number of ketones is 1. The van der Waals surface area contributed by atoms with Gasteiger partial charge in [0.15, 0.2) is 5.78 Å². The van der Waals surface area contributed by atoms with Crippen LogP contribution in [0.5, 0.6) is 0 Å². The lowest BCUT2D eigenvalue weighted by Gasteiger charge is -2.04. The maximum absolute atomic E-state index is 11.0. The third-order valence-corrected chi connectivity index (χ3v) is 1.69. The van der Waals surface area contributed by atoms with Crippen molar-refractivity contribution in [2.75, 3.05) is 12.4 Å². The van der Waals surface area contributed by atoms with Crippen LogP contribution in [0.2, 0.25) is 5.15 Å². The van der Waals surface area contributed by atoms with Crippen LogP contribution < -0.4 is 5.32 Å². The summed E-state index contributed by atoms with van der Waals surface area (Å²) in [5, 5.41) is 3.18. The number of rotatable bonds is 2. The number of nitrogens with one attached hydrogen (secondary N) is 1. The summed E-state index contributed by atoms with van der Waals surface area (Å²) in [4.78, 5) is 15.0. The van der Waals surface area contributed by atoms with Gasteiger partial charge >= 0.3 is 0 Å². The Labute approximate surface area is 75.8 Å². The minimum absolute atomic E-state index is 0.0245. The van der Waals surface area contributed by atoms with Crippen molar-refractivity contribution >= 4 is 23.2 Å². The van der Waals surface area contributed by atoms with E-state index < -0.39 is 0 Å². The molecule has 0 aliphatic carbocycles. The molecular formula is C8H9ClN2O. The number of hydrogen-bond donors (Lipinski definition) is 1. The second kappa shape index (κ2) is 3.54. The van der Waals surface area contributed by atoms with Crippen molar-refractivity contribution < 1.29 is 4.79 Å². The molecule has 4 heteroatoms. The first-order valence-corrected chi connectivity index (χ1v) is 3.88. The number of carbonyl (C=O) groups is 1. The predicted molar refractivity (Wildman–Crippen MR) is 48.8 cm³/mol. The highest BCUT2D eigenvalue weighted by Gasteiger charge is 2.06. The SMILES string of the molecule is CNc1nc(Cl)ccc1C(C)=O. The Hall–Kier alpha value is -1.09. The number of halogens is 1. The smallest absolute Gasteiger partial charge is 0.163 e. The highest BCUT2D eigenvalue weighted by Crippen LogP contribution is 2.15. The van der Waals surface area contributed by atoms with Gasteiger partial charge in [0.05, 0.1) is 5.56 Å². The number of nitrogens with zero attached hydrogens (tertiary/aromatic N) is 1. The topological polar surface area (TPSA) is 42.0 Å². The molecule has 0 amide bonds. The minimum Gasteiger partial charge on any atom is -0.372 e. The van der Waals surface area contributed by atoms with Gasteiger partial charge in [-0.3, -0.25) is 4.79 Å². The molecule has 0 radical (unpaired) electrons. The van der Waals surface area contributed by atoms with Gasteiger partial charge in [0, 0.05) is 7.05 Å². The molecule has 0 unspecified atom stereocenters. The van der Waals surface area contributed by atoms with Gasteiger partial charge < -0.3 is 5.32 Å². The number of aromatic nitrogens is 1. The Bertz CT molecular complexity index is 312. The molecule has 0 aliphatic rings. The number of hydrogen-bond acceptors (Lipinski definition) is 3. The minimum atomic E-state index is -0.0245. The zero-order valence-corrected chi connectivity index (χ0v) is 7.64. The molecule has 0 bridgehead atoms. The largest absolute Gasteiger partial charge is 0.372 e. The molecule has 0 fully saturated rings. The molecule has 1 aromatic rings. The van der Waals surface area contributed by atoms with Gasteiger partial charge in [-0.1, -0.05) is 11.6 Å². The van der Waals surface area contributed by atoms with Crippen molar-refractivity contribution in [1.29, 1.82) is 0 Å². The first-order valence-electron chi connectivity index (χ1n) is 3.50. The third kappa shape index (κ3) is 1.74. The second-order valence-corrected chi connectivity index (χ2v) is 2.72. The summed E-state index contributed by atoms with van der Waals surface area (Å²) in [6.45, 7) is 1.49. The van der Waals surface area contributed by atoms with Gasteiger partial charge in [-0.25, -0.2) is 4.98 Å². The predicted octanol–water partition coefficient (Wildman–Crippen LogP) is 1.98. The Kier molecular flexibility index (Phi) is 2.65. The summed E-state index contributed by atoms with van der Waals surface area (Å²) < 4.78 is 0. The zero-order valence-electron chi connectivity index (χ0n) is 6.89. The van der Waals surface area contributed by atoms with Gasteiger partial charge in [-0.05, 0) is 19.1 Å². The van der Waals surface area contributed by atoms with Crippen LogP contribution >= 0.6 is 11.6 Å². The van der Waals surface area contributed by atoms with Gasteiger partial charge in [-0.15, -0.1) is 0 Å². The molecule has 1 rings (SSSR count). The van der Waals surface area contributed by atoms with E-state index in [0.29, 0.717) is 16.5 Å². The molecular weight excluding hydrogens is 176 g/mol. The monoisotopic (exact) mass is 184 g/mol. The van der Waals surface area contributed by atoms with Crippen molar-refractivity contribution in [2.45, 2.75) is 6.92 Å². The van der Waals surface area contributed by atoms with E-state index >= 15 is 0 Å². The summed E-state index contributed by atoms with van der Waals surface area (Å²) >= 11 is 5.64. The molecule has 12 heavy (non-hydrogen) atoms. The van der Waals surface area contributed by atoms with Gasteiger partial charge in [0.25, 0.3) is 0 Å². The first-order chi connectivity index (χ1) is 5.65. The number of Topliss-reactive ketones (excluding diaryl/α,β-unsaturated/α-hetero) is 1. The van der Waals surface area contributed by atoms with Crippen molar-refractivity contribution in [1.82, 2.24) is 4.98 Å². The van der Waals surface area contributed by atoms with Gasteiger partial charge in [0.2, 0.25) is 0 Å². The molecule has 0 atom stereocenters. The van der Waals surface area contributed by atoms with E-state index in [0.717, 1.165) is 0 Å². The van der Waals surface area contributed by atoms with Crippen molar-refractivity contribution in [3.63, 3.8) is 0 Å². The quantitative estimate of drug-likeness (QED) is 0.565. The fraction of sp³-hybridized carbons (Fsp3) is 0.250. The van der Waals surface area contributed by atoms with Gasteiger partial charge in [-0.2, -0.15) is 0 Å². The van der Waals surface area contributed by atoms with Crippen LogP contribution in [-0.4, -0.2) is 17.8 Å². The number of anilines is 1. The van der Waals surface area contributed by atoms with Crippen LogP contribution in [0.4, 0.5) is 5.82 Å². The molecule has 0 saturated heterocycles. The number of carbonyl (C=O) groups excluding carboxylic acids is 1. The third-order valence-electron chi connectivity index (χ3n) is 1.48. The lowest BCUT2D eigenvalue weighted by atomic mass is 10.2. The molecule has 0 aromatic carbocycles. The van der Waals surface area contributed by atoms with E-state index in [-0.39, 0.29) is 5.78 Å². The highest BCUT2D eigenvalue weighted by atomic mass is 35.5. The molecule has 64 valence electrons. The van der Waals surface area contributed by atoms with E-state index in [9.17, 15) is 4.79 Å². The molecule has 1 aromatic heterocycles. The molecule has 0 spiro atoms. The lowest BCUT2D eigenvalue weighted by molar-refractivity contribution is 0.101. The Morgan fingerprint density at radius 1 is 1.58 bits per heavy atom. The summed E-state index contributed by atoms with van der Waals surface area (Å²) in [5.41, 5.74) is 0.557. The standard InChI is InChI=1S/C8H9ClN2O/c1-5(12)6-3-4-7(9)11-8(6)10-2/h3-4H,1-2H3,(H,10,11). The van der Waals surface area contributed by atoms with Gasteiger partial charge in [0.1, 0.15) is 11.0 Å². The maximum atomic E-state index is 11.0. The molecule has 0 saturated carbocycles. The summed E-state index contributed by atoms with van der Waals surface area (Å²) in [6.07, 6.45) is 0. The highest BCUT2D eigenvalue weighted by molar-refractivity contribution is 6.29. The maximum Gasteiger partial charge on any atom is 0.163 e.